The monoisotopic (exact) mass is 1100 g/mol. The van der Waals surface area contributed by atoms with Crippen molar-refractivity contribution >= 4 is 38.8 Å². The molecule has 400 valence electrons. The molecular weight excluding hydrogens is 1070 g/mol. The van der Waals surface area contributed by atoms with E-state index in [2.05, 4.69) is 12.1 Å². The smallest absolute Gasteiger partial charge is 0.231 e. The Morgan fingerprint density at radius 1 is 0.320 bits per heavy atom. The SMILES string of the molecule is Cc1ccccc1O[n+]1ccc2ccccc2c1.FC(F)(F)c1cc([B-](c2cc(C(F)(F)F)cc(C(F)(F)F)c2)(c2cc(C(F)(F)F)cc(C(F)(F)F)c2)c2cc(C(F)(F)F)cc(C(F)(F)F)c2)cc(C(F)(F)F)c1. The lowest BCUT2D eigenvalue weighted by Gasteiger charge is -2.46. The molecule has 0 radical (unpaired) electrons. The van der Waals surface area contributed by atoms with Crippen LogP contribution in [0, 0.1) is 6.92 Å². The van der Waals surface area contributed by atoms with Crippen LogP contribution in [0.5, 0.6) is 5.75 Å². The van der Waals surface area contributed by atoms with E-state index in [1.54, 1.807) is 4.73 Å². The molecule has 0 fully saturated rings. The van der Waals surface area contributed by atoms with Crippen molar-refractivity contribution < 1.29 is 115 Å². The summed E-state index contributed by atoms with van der Waals surface area (Å²) in [5.74, 6) is 0.873. The first-order valence-electron chi connectivity index (χ1n) is 20.6. The van der Waals surface area contributed by atoms with Crippen LogP contribution < -0.4 is 31.4 Å². The highest BCUT2D eigenvalue weighted by Crippen LogP contribution is 2.41. The van der Waals surface area contributed by atoms with Gasteiger partial charge in [0.2, 0.25) is 18.1 Å². The summed E-state index contributed by atoms with van der Waals surface area (Å²) in [4.78, 5) is 5.83. The number of aromatic nitrogens is 1. The molecule has 0 unspecified atom stereocenters. The van der Waals surface area contributed by atoms with Crippen LogP contribution in [0.1, 0.15) is 50.1 Å². The van der Waals surface area contributed by atoms with E-state index in [9.17, 15) is 105 Å². The second kappa shape index (κ2) is 19.6. The Labute approximate surface area is 405 Å². The van der Waals surface area contributed by atoms with E-state index in [4.69, 9.17) is 4.84 Å². The Morgan fingerprint density at radius 2 is 0.573 bits per heavy atom. The van der Waals surface area contributed by atoms with E-state index >= 15 is 0 Å². The first kappa shape index (κ1) is 57.2. The summed E-state index contributed by atoms with van der Waals surface area (Å²) in [7, 11) is 0. The van der Waals surface area contributed by atoms with Gasteiger partial charge in [-0.05, 0) is 54.3 Å². The second-order valence-corrected chi connectivity index (χ2v) is 16.5. The minimum Gasteiger partial charge on any atom is -0.231 e. The topological polar surface area (TPSA) is 13.1 Å². The summed E-state index contributed by atoms with van der Waals surface area (Å²) >= 11 is 0. The van der Waals surface area contributed by atoms with E-state index in [1.807, 2.05) is 61.8 Å². The number of nitrogens with zero attached hydrogens (tertiary/aromatic N) is 1. The molecule has 27 heteroatoms. The molecule has 0 saturated carbocycles. The summed E-state index contributed by atoms with van der Waals surface area (Å²) in [5.41, 5.74) is -29.1. The molecule has 0 amide bonds. The fraction of sp³-hybridized carbons (Fsp3) is 0.188. The zero-order valence-corrected chi connectivity index (χ0v) is 36.8. The molecule has 7 rings (SSSR count). The van der Waals surface area contributed by atoms with Crippen molar-refractivity contribution in [2.75, 3.05) is 0 Å². The van der Waals surface area contributed by atoms with E-state index in [1.165, 1.54) is 5.39 Å². The van der Waals surface area contributed by atoms with Gasteiger partial charge >= 0.3 is 49.4 Å². The number of rotatable bonds is 6. The number of aryl methyl sites for hydroxylation is 1. The van der Waals surface area contributed by atoms with Crippen molar-refractivity contribution in [3.05, 3.63) is 190 Å². The molecule has 0 bridgehead atoms. The zero-order valence-electron chi connectivity index (χ0n) is 36.8. The van der Waals surface area contributed by atoms with Crippen LogP contribution in [0.3, 0.4) is 0 Å². The molecule has 75 heavy (non-hydrogen) atoms. The molecular formula is C48H26BF24NO. The number of pyridine rings is 1. The zero-order chi connectivity index (χ0) is 56.3. The van der Waals surface area contributed by atoms with Gasteiger partial charge in [-0.25, -0.2) is 4.84 Å². The van der Waals surface area contributed by atoms with Gasteiger partial charge in [0.1, 0.15) is 6.15 Å². The van der Waals surface area contributed by atoms with Crippen molar-refractivity contribution in [2.45, 2.75) is 56.3 Å². The number of hydrogen-bond acceptors (Lipinski definition) is 1. The highest BCUT2D eigenvalue weighted by atomic mass is 19.4. The fourth-order valence-electron chi connectivity index (χ4n) is 8.01. The van der Waals surface area contributed by atoms with Crippen LogP contribution in [0.25, 0.3) is 10.8 Å². The molecule has 0 aliphatic heterocycles. The third-order valence-electron chi connectivity index (χ3n) is 11.4. The number of para-hydroxylation sites is 1. The Morgan fingerprint density at radius 3 is 0.840 bits per heavy atom. The Hall–Kier alpha value is -7.09. The molecule has 1 heterocycles. The van der Waals surface area contributed by atoms with Gasteiger partial charge in [-0.2, -0.15) is 127 Å². The van der Waals surface area contributed by atoms with Gasteiger partial charge < -0.3 is 0 Å². The second-order valence-electron chi connectivity index (χ2n) is 16.5. The largest absolute Gasteiger partial charge is 0.416 e. The first-order valence-corrected chi connectivity index (χ1v) is 20.6. The van der Waals surface area contributed by atoms with Gasteiger partial charge in [-0.1, -0.05) is 84.9 Å². The quantitative estimate of drug-likeness (QED) is 0.0919. The summed E-state index contributed by atoms with van der Waals surface area (Å²) in [6.45, 7) is 2.04. The average molecular weight is 1100 g/mol. The first-order chi connectivity index (χ1) is 34.1. The Balaban J connectivity index is 0.000000421. The molecule has 0 saturated heterocycles. The number of fused-ring (bicyclic) bond motifs is 1. The van der Waals surface area contributed by atoms with E-state index in [0.717, 1.165) is 16.7 Å². The molecule has 0 aliphatic carbocycles. The normalized spacial score (nSPS) is 13.4. The van der Waals surface area contributed by atoms with E-state index < -0.39 is 195 Å². The van der Waals surface area contributed by atoms with Crippen molar-refractivity contribution in [1.29, 1.82) is 0 Å². The van der Waals surface area contributed by atoms with Crippen molar-refractivity contribution in [3.8, 4) is 5.75 Å². The van der Waals surface area contributed by atoms with Crippen LogP contribution in [0.15, 0.2) is 140 Å². The van der Waals surface area contributed by atoms with Gasteiger partial charge in [0, 0.05) is 10.8 Å². The lowest BCUT2D eigenvalue weighted by molar-refractivity contribution is -0.874. The third-order valence-corrected chi connectivity index (χ3v) is 11.4. The maximum Gasteiger partial charge on any atom is 0.416 e. The molecule has 1 aromatic heterocycles. The minimum atomic E-state index is -6.13. The highest BCUT2D eigenvalue weighted by Gasteiger charge is 2.47. The highest BCUT2D eigenvalue weighted by molar-refractivity contribution is 7.20. The summed E-state index contributed by atoms with van der Waals surface area (Å²) < 4.78 is 343. The molecule has 2 nitrogen and oxygen atoms in total. The minimum absolute atomic E-state index is 0.691. The van der Waals surface area contributed by atoms with Crippen LogP contribution in [-0.2, 0) is 49.4 Å². The Kier molecular flexibility index (Phi) is 14.9. The van der Waals surface area contributed by atoms with E-state index in [0.29, 0.717) is 0 Å². The molecule has 0 aliphatic rings. The number of hydrogen-bond donors (Lipinski definition) is 0. The summed E-state index contributed by atoms with van der Waals surface area (Å²) in [5, 5.41) is 2.37. The number of benzene rings is 6. The van der Waals surface area contributed by atoms with Gasteiger partial charge in [0.25, 0.3) is 0 Å². The van der Waals surface area contributed by atoms with Gasteiger partial charge in [0.15, 0.2) is 0 Å². The van der Waals surface area contributed by atoms with Crippen molar-refractivity contribution in [3.63, 3.8) is 0 Å². The van der Waals surface area contributed by atoms with E-state index in [-0.39, 0.29) is 0 Å². The van der Waals surface area contributed by atoms with Gasteiger partial charge in [-0.15, -0.1) is 0 Å². The number of halogens is 24. The molecule has 0 N–H and O–H groups in total. The van der Waals surface area contributed by atoms with Crippen molar-refractivity contribution in [2.24, 2.45) is 0 Å². The predicted octanol–water partition coefficient (Wildman–Crippen LogP) is 14.5. The molecule has 0 spiro atoms. The third kappa shape index (κ3) is 12.9. The Bertz CT molecular complexity index is 2770. The maximum absolute atomic E-state index is 14.2. The van der Waals surface area contributed by atoms with Crippen LogP contribution in [-0.4, -0.2) is 6.15 Å². The molecule has 6 aromatic carbocycles. The lowest BCUT2D eigenvalue weighted by atomic mass is 9.12. The van der Waals surface area contributed by atoms with Gasteiger partial charge in [-0.3, -0.25) is 0 Å². The average Bonchev–Trinajstić information content (AvgIpc) is 3.27. The van der Waals surface area contributed by atoms with Crippen molar-refractivity contribution in [1.82, 2.24) is 0 Å². The van der Waals surface area contributed by atoms with Crippen LogP contribution in [0.2, 0.25) is 0 Å². The molecule has 7 aromatic rings. The number of alkyl halides is 24. The fourth-order valence-corrected chi connectivity index (χ4v) is 8.01. The summed E-state index contributed by atoms with van der Waals surface area (Å²) in [6, 6.07) is 9.46. The standard InChI is InChI=1S/C32H12BF24.C16H14NO/c34-25(35,36)13-1-14(26(37,38)39)6-21(5-13)33(22-7-15(27(40,41)42)2-16(8-22)28(43,44)45,23-9-17(29(46,47)48)3-18(10-23)30(49,50)51)24-11-19(31(52,53)54)4-20(12-24)32(55,56)57;1-13-6-2-5-9-16(13)18-17-11-10-14-7-3-4-8-15(14)12-17/h1-12H;2-12H,1H3/q-1;+1. The van der Waals surface area contributed by atoms with Gasteiger partial charge in [0.05, 0.1) is 49.9 Å². The van der Waals surface area contributed by atoms with Crippen LogP contribution >= 0.6 is 0 Å². The summed E-state index contributed by atoms with van der Waals surface area (Å²) in [6.07, 6.45) is -50.9. The lowest BCUT2D eigenvalue weighted by Crippen LogP contribution is -2.75. The molecule has 0 atom stereocenters. The predicted molar refractivity (Wildman–Crippen MR) is 221 cm³/mol. The maximum atomic E-state index is 14.2. The van der Waals surface area contributed by atoms with Crippen LogP contribution in [0.4, 0.5) is 105 Å².